The van der Waals surface area contributed by atoms with E-state index < -0.39 is 0 Å². The molecule has 0 saturated heterocycles. The summed E-state index contributed by atoms with van der Waals surface area (Å²) < 4.78 is 10.7. The van der Waals surface area contributed by atoms with Crippen LogP contribution in [0.15, 0.2) is 18.2 Å². The number of ether oxygens (including phenoxy) is 2. The average molecular weight is 265 g/mol. The van der Waals surface area contributed by atoms with Crippen LogP contribution < -0.4 is 14.8 Å². The first-order chi connectivity index (χ1) is 9.22. The molecule has 0 fully saturated rings. The summed E-state index contributed by atoms with van der Waals surface area (Å²) in [6, 6.07) is 6.70. The third-order valence-electron chi connectivity index (χ3n) is 3.54. The molecule has 1 unspecified atom stereocenters. The number of rotatable bonds is 7. The second-order valence-electron chi connectivity index (χ2n) is 5.08. The Morgan fingerprint density at radius 2 is 2.11 bits per heavy atom. The van der Waals surface area contributed by atoms with Crippen molar-refractivity contribution in [2.45, 2.75) is 45.2 Å². The molecule has 0 amide bonds. The van der Waals surface area contributed by atoms with E-state index in [-0.39, 0.29) is 12.6 Å². The topological polar surface area (TPSA) is 50.7 Å². The molecule has 0 aliphatic carbocycles. The molecule has 1 aromatic rings. The van der Waals surface area contributed by atoms with Gasteiger partial charge in [0.2, 0.25) is 6.79 Å². The molecular formula is C15H23NO3. The van der Waals surface area contributed by atoms with Gasteiger partial charge in [0.1, 0.15) is 0 Å². The van der Waals surface area contributed by atoms with Crippen LogP contribution in [0.4, 0.5) is 0 Å². The Balaban J connectivity index is 1.81. The van der Waals surface area contributed by atoms with E-state index in [1.165, 1.54) is 5.56 Å². The minimum Gasteiger partial charge on any atom is -0.454 e. The molecule has 0 aromatic heterocycles. The van der Waals surface area contributed by atoms with Gasteiger partial charge in [-0.1, -0.05) is 13.0 Å². The largest absolute Gasteiger partial charge is 0.454 e. The van der Waals surface area contributed by atoms with E-state index in [4.69, 9.17) is 9.47 Å². The van der Waals surface area contributed by atoms with Crippen LogP contribution in [0.25, 0.3) is 0 Å². The van der Waals surface area contributed by atoms with Gasteiger partial charge in [0.05, 0.1) is 6.61 Å². The Labute approximate surface area is 114 Å². The summed E-state index contributed by atoms with van der Waals surface area (Å²) >= 11 is 0. The first kappa shape index (κ1) is 14.2. The molecule has 1 aliphatic rings. The second-order valence-corrected chi connectivity index (χ2v) is 5.08. The third-order valence-corrected chi connectivity index (χ3v) is 3.54. The molecule has 106 valence electrons. The van der Waals surface area contributed by atoms with Crippen LogP contribution in [0, 0.1) is 0 Å². The Kier molecular flexibility index (Phi) is 5.05. The van der Waals surface area contributed by atoms with Gasteiger partial charge in [0.15, 0.2) is 11.5 Å². The Hall–Kier alpha value is -1.26. The summed E-state index contributed by atoms with van der Waals surface area (Å²) in [7, 11) is 0. The molecule has 2 N–H and O–H groups in total. The first-order valence-electron chi connectivity index (χ1n) is 6.98. The zero-order valence-electron chi connectivity index (χ0n) is 11.7. The van der Waals surface area contributed by atoms with Crippen LogP contribution in [0.3, 0.4) is 0 Å². The maximum Gasteiger partial charge on any atom is 0.231 e. The molecule has 1 aliphatic heterocycles. The van der Waals surface area contributed by atoms with E-state index in [0.29, 0.717) is 12.8 Å². The van der Waals surface area contributed by atoms with Crippen molar-refractivity contribution >= 4 is 0 Å². The van der Waals surface area contributed by atoms with Crippen molar-refractivity contribution in [3.8, 4) is 11.5 Å². The smallest absolute Gasteiger partial charge is 0.231 e. The fourth-order valence-corrected chi connectivity index (χ4v) is 2.26. The highest BCUT2D eigenvalue weighted by atomic mass is 16.7. The van der Waals surface area contributed by atoms with Crippen molar-refractivity contribution in [1.82, 2.24) is 5.32 Å². The molecule has 1 aromatic carbocycles. The van der Waals surface area contributed by atoms with Crippen molar-refractivity contribution in [2.75, 3.05) is 13.4 Å². The van der Waals surface area contributed by atoms with Gasteiger partial charge in [0, 0.05) is 12.1 Å². The van der Waals surface area contributed by atoms with Crippen molar-refractivity contribution in [3.63, 3.8) is 0 Å². The highest BCUT2D eigenvalue weighted by Gasteiger charge is 2.14. The minimum atomic E-state index is 0.199. The molecule has 1 heterocycles. The molecule has 0 spiro atoms. The number of benzene rings is 1. The quantitative estimate of drug-likeness (QED) is 0.792. The minimum absolute atomic E-state index is 0.199. The van der Waals surface area contributed by atoms with E-state index in [0.717, 1.165) is 30.8 Å². The van der Waals surface area contributed by atoms with Crippen molar-refractivity contribution in [1.29, 1.82) is 0 Å². The number of fused-ring (bicyclic) bond motifs is 1. The Bertz CT molecular complexity index is 404. The summed E-state index contributed by atoms with van der Waals surface area (Å²) in [4.78, 5) is 0. The van der Waals surface area contributed by atoms with Crippen LogP contribution in [0.1, 0.15) is 32.3 Å². The molecule has 0 radical (unpaired) electrons. The molecule has 2 atom stereocenters. The zero-order valence-corrected chi connectivity index (χ0v) is 11.7. The van der Waals surface area contributed by atoms with Crippen LogP contribution in [0.2, 0.25) is 0 Å². The maximum absolute atomic E-state index is 9.17. The highest BCUT2D eigenvalue weighted by molar-refractivity contribution is 5.44. The number of aryl methyl sites for hydroxylation is 1. The molecule has 0 bridgehead atoms. The number of aliphatic hydroxyl groups excluding tert-OH is 1. The summed E-state index contributed by atoms with van der Waals surface area (Å²) in [6.45, 7) is 4.76. The van der Waals surface area contributed by atoms with Gasteiger partial charge in [-0.05, 0) is 43.9 Å². The predicted molar refractivity (Wildman–Crippen MR) is 74.6 cm³/mol. The maximum atomic E-state index is 9.17. The molecule has 4 heteroatoms. The third kappa shape index (κ3) is 3.85. The number of aliphatic hydroxyl groups is 1. The summed E-state index contributed by atoms with van der Waals surface area (Å²) in [5, 5.41) is 12.6. The fraction of sp³-hybridized carbons (Fsp3) is 0.600. The van der Waals surface area contributed by atoms with E-state index in [2.05, 4.69) is 31.3 Å². The SMILES string of the molecule is CC[C@@H](CO)NC(C)CCc1ccc2c(c1)OCO2. The number of hydrogen-bond donors (Lipinski definition) is 2. The van der Waals surface area contributed by atoms with Crippen molar-refractivity contribution in [2.24, 2.45) is 0 Å². The standard InChI is InChI=1S/C15H23NO3/c1-3-13(9-17)16-11(2)4-5-12-6-7-14-15(8-12)19-10-18-14/h6-8,11,13,16-17H,3-5,9-10H2,1-2H3/t11?,13-/m0/s1. The van der Waals surface area contributed by atoms with Crippen LogP contribution in [0.5, 0.6) is 11.5 Å². The van der Waals surface area contributed by atoms with Crippen molar-refractivity contribution in [3.05, 3.63) is 23.8 Å². The van der Waals surface area contributed by atoms with Crippen LogP contribution in [-0.2, 0) is 6.42 Å². The lowest BCUT2D eigenvalue weighted by atomic mass is 10.0. The van der Waals surface area contributed by atoms with E-state index in [1.807, 2.05) is 6.07 Å². The van der Waals surface area contributed by atoms with Crippen molar-refractivity contribution < 1.29 is 14.6 Å². The summed E-state index contributed by atoms with van der Waals surface area (Å²) in [6.07, 6.45) is 2.98. The van der Waals surface area contributed by atoms with Gasteiger partial charge in [-0.3, -0.25) is 0 Å². The van der Waals surface area contributed by atoms with Crippen LogP contribution >= 0.6 is 0 Å². The summed E-state index contributed by atoms with van der Waals surface area (Å²) in [5.74, 6) is 1.68. The predicted octanol–water partition coefficient (Wildman–Crippen LogP) is 2.10. The average Bonchev–Trinajstić information content (AvgIpc) is 2.89. The van der Waals surface area contributed by atoms with Gasteiger partial charge >= 0.3 is 0 Å². The molecular weight excluding hydrogens is 242 g/mol. The number of hydrogen-bond acceptors (Lipinski definition) is 4. The normalized spacial score (nSPS) is 16.4. The lowest BCUT2D eigenvalue weighted by molar-refractivity contribution is 0.174. The number of nitrogens with one attached hydrogen (secondary N) is 1. The highest BCUT2D eigenvalue weighted by Crippen LogP contribution is 2.32. The van der Waals surface area contributed by atoms with Gasteiger partial charge in [-0.15, -0.1) is 0 Å². The van der Waals surface area contributed by atoms with Gasteiger partial charge in [-0.25, -0.2) is 0 Å². The zero-order chi connectivity index (χ0) is 13.7. The monoisotopic (exact) mass is 265 g/mol. The molecule has 0 saturated carbocycles. The van der Waals surface area contributed by atoms with Gasteiger partial charge < -0.3 is 19.9 Å². The van der Waals surface area contributed by atoms with Crippen LogP contribution in [-0.4, -0.2) is 30.6 Å². The van der Waals surface area contributed by atoms with E-state index >= 15 is 0 Å². The Morgan fingerprint density at radius 3 is 2.84 bits per heavy atom. The van der Waals surface area contributed by atoms with Gasteiger partial charge in [0.25, 0.3) is 0 Å². The van der Waals surface area contributed by atoms with E-state index in [9.17, 15) is 5.11 Å². The van der Waals surface area contributed by atoms with Gasteiger partial charge in [-0.2, -0.15) is 0 Å². The fourth-order valence-electron chi connectivity index (χ4n) is 2.26. The molecule has 4 nitrogen and oxygen atoms in total. The molecule has 19 heavy (non-hydrogen) atoms. The second kappa shape index (κ2) is 6.78. The Morgan fingerprint density at radius 1 is 1.32 bits per heavy atom. The lowest BCUT2D eigenvalue weighted by Crippen LogP contribution is -2.38. The summed E-state index contributed by atoms with van der Waals surface area (Å²) in [5.41, 5.74) is 1.26. The molecule has 2 rings (SSSR count). The van der Waals surface area contributed by atoms with E-state index in [1.54, 1.807) is 0 Å². The first-order valence-corrected chi connectivity index (χ1v) is 6.98. The lowest BCUT2D eigenvalue weighted by Gasteiger charge is -2.20.